The first kappa shape index (κ1) is 14.5. The summed E-state index contributed by atoms with van der Waals surface area (Å²) in [5.41, 5.74) is 0.566. The minimum absolute atomic E-state index is 0.120. The van der Waals surface area contributed by atoms with Gasteiger partial charge in [0.2, 0.25) is 0 Å². The van der Waals surface area contributed by atoms with Gasteiger partial charge in [0.05, 0.1) is 0 Å². The lowest BCUT2D eigenvalue weighted by Crippen LogP contribution is -2.08. The molecule has 1 atom stereocenters. The molecule has 0 saturated carbocycles. The van der Waals surface area contributed by atoms with Crippen LogP contribution in [0.5, 0.6) is 0 Å². The Morgan fingerprint density at radius 2 is 2.00 bits per heavy atom. The number of halogens is 2. The van der Waals surface area contributed by atoms with Crippen LogP contribution >= 0.6 is 11.6 Å². The number of sulfone groups is 1. The summed E-state index contributed by atoms with van der Waals surface area (Å²) in [4.78, 5) is 0. The van der Waals surface area contributed by atoms with Crippen molar-refractivity contribution in [3.8, 4) is 0 Å². The Kier molecular flexibility index (Phi) is 5.40. The van der Waals surface area contributed by atoms with E-state index in [0.29, 0.717) is 24.3 Å². The summed E-state index contributed by atoms with van der Waals surface area (Å²) in [6, 6.07) is 6.48. The van der Waals surface area contributed by atoms with E-state index in [4.69, 9.17) is 11.6 Å². The average molecular weight is 279 g/mol. The third kappa shape index (κ3) is 5.04. The highest BCUT2D eigenvalue weighted by Crippen LogP contribution is 2.25. The van der Waals surface area contributed by atoms with Crippen LogP contribution < -0.4 is 0 Å². The third-order valence-electron chi connectivity index (χ3n) is 2.60. The highest BCUT2D eigenvalue weighted by Gasteiger charge is 2.15. The van der Waals surface area contributed by atoms with E-state index in [-0.39, 0.29) is 17.5 Å². The second-order valence-corrected chi connectivity index (χ2v) is 6.71. The molecule has 1 unspecified atom stereocenters. The number of hydrogen-bond donors (Lipinski definition) is 0. The van der Waals surface area contributed by atoms with E-state index in [1.165, 1.54) is 12.3 Å². The summed E-state index contributed by atoms with van der Waals surface area (Å²) < 4.78 is 35.5. The van der Waals surface area contributed by atoms with Crippen molar-refractivity contribution < 1.29 is 12.8 Å². The van der Waals surface area contributed by atoms with Gasteiger partial charge in [-0.3, -0.25) is 0 Å². The van der Waals surface area contributed by atoms with Crippen LogP contribution in [0.1, 0.15) is 24.3 Å². The molecule has 0 aromatic heterocycles. The lowest BCUT2D eigenvalue weighted by molar-refractivity contribution is 0.567. The minimum Gasteiger partial charge on any atom is -0.229 e. The lowest BCUT2D eigenvalue weighted by Gasteiger charge is -2.14. The van der Waals surface area contributed by atoms with Crippen LogP contribution in [0, 0.1) is 5.82 Å². The van der Waals surface area contributed by atoms with Gasteiger partial charge in [-0.15, -0.1) is 11.6 Å². The van der Waals surface area contributed by atoms with E-state index in [9.17, 15) is 12.8 Å². The zero-order valence-corrected chi connectivity index (χ0v) is 11.3. The fraction of sp³-hybridized carbons (Fsp3) is 0.500. The van der Waals surface area contributed by atoms with Gasteiger partial charge in [0, 0.05) is 23.8 Å². The molecule has 5 heteroatoms. The van der Waals surface area contributed by atoms with Crippen molar-refractivity contribution in [1.82, 2.24) is 0 Å². The Labute approximate surface area is 107 Å². The highest BCUT2D eigenvalue weighted by atomic mass is 35.5. The van der Waals surface area contributed by atoms with Crippen LogP contribution in [0.25, 0.3) is 0 Å². The Morgan fingerprint density at radius 3 is 2.53 bits per heavy atom. The van der Waals surface area contributed by atoms with Crippen molar-refractivity contribution in [2.45, 2.75) is 18.8 Å². The molecular weight excluding hydrogens is 263 g/mol. The first-order valence-electron chi connectivity index (χ1n) is 5.42. The van der Waals surface area contributed by atoms with Crippen molar-refractivity contribution in [1.29, 1.82) is 0 Å². The second-order valence-electron chi connectivity index (χ2n) is 4.14. The highest BCUT2D eigenvalue weighted by molar-refractivity contribution is 7.90. The fourth-order valence-electron chi connectivity index (χ4n) is 1.71. The Hall–Kier alpha value is -0.610. The number of alkyl halides is 1. The first-order valence-corrected chi connectivity index (χ1v) is 8.01. The molecule has 0 amide bonds. The van der Waals surface area contributed by atoms with Crippen LogP contribution in [0.4, 0.5) is 4.39 Å². The van der Waals surface area contributed by atoms with Gasteiger partial charge < -0.3 is 0 Å². The largest absolute Gasteiger partial charge is 0.229 e. The molecule has 0 radical (unpaired) electrons. The average Bonchev–Trinajstić information content (AvgIpc) is 2.24. The van der Waals surface area contributed by atoms with Crippen molar-refractivity contribution in [2.75, 3.05) is 17.9 Å². The van der Waals surface area contributed by atoms with Gasteiger partial charge in [-0.25, -0.2) is 12.8 Å². The van der Waals surface area contributed by atoms with Crippen LogP contribution in [0.2, 0.25) is 0 Å². The molecule has 17 heavy (non-hydrogen) atoms. The van der Waals surface area contributed by atoms with Gasteiger partial charge in [0.1, 0.15) is 15.7 Å². The molecule has 0 saturated heterocycles. The fourth-order valence-corrected chi connectivity index (χ4v) is 2.73. The van der Waals surface area contributed by atoms with E-state index in [1.807, 2.05) is 0 Å². The van der Waals surface area contributed by atoms with Crippen molar-refractivity contribution in [3.63, 3.8) is 0 Å². The maximum Gasteiger partial charge on any atom is 0.147 e. The van der Waals surface area contributed by atoms with Gasteiger partial charge in [0.15, 0.2) is 0 Å². The van der Waals surface area contributed by atoms with Crippen LogP contribution in [-0.4, -0.2) is 26.3 Å². The van der Waals surface area contributed by atoms with E-state index >= 15 is 0 Å². The second kappa shape index (κ2) is 6.36. The molecule has 0 fully saturated rings. The molecule has 0 aliphatic rings. The van der Waals surface area contributed by atoms with Crippen LogP contribution in [-0.2, 0) is 9.84 Å². The van der Waals surface area contributed by atoms with E-state index in [1.54, 1.807) is 18.2 Å². The van der Waals surface area contributed by atoms with Gasteiger partial charge in [-0.1, -0.05) is 18.2 Å². The maximum absolute atomic E-state index is 13.5. The Bertz CT molecular complexity index is 459. The quantitative estimate of drug-likeness (QED) is 0.750. The molecule has 2 nitrogen and oxygen atoms in total. The topological polar surface area (TPSA) is 34.1 Å². The van der Waals surface area contributed by atoms with Crippen LogP contribution in [0.15, 0.2) is 24.3 Å². The summed E-state index contributed by atoms with van der Waals surface area (Å²) in [6.07, 6.45) is 2.29. The predicted molar refractivity (Wildman–Crippen MR) is 68.8 cm³/mol. The van der Waals surface area contributed by atoms with Gasteiger partial charge >= 0.3 is 0 Å². The first-order chi connectivity index (χ1) is 7.94. The van der Waals surface area contributed by atoms with E-state index in [0.717, 1.165) is 0 Å². The monoisotopic (exact) mass is 278 g/mol. The van der Waals surface area contributed by atoms with Crippen molar-refractivity contribution in [2.24, 2.45) is 0 Å². The van der Waals surface area contributed by atoms with Crippen molar-refractivity contribution >= 4 is 21.4 Å². The normalized spacial score (nSPS) is 13.6. The zero-order chi connectivity index (χ0) is 12.9. The molecule has 1 rings (SSSR count). The maximum atomic E-state index is 13.5. The van der Waals surface area contributed by atoms with Gasteiger partial charge in [0.25, 0.3) is 0 Å². The molecule has 0 aliphatic heterocycles. The third-order valence-corrected chi connectivity index (χ3v) is 4.00. The minimum atomic E-state index is -2.96. The number of rotatable bonds is 6. The lowest BCUT2D eigenvalue weighted by atomic mass is 9.96. The molecule has 1 aromatic carbocycles. The molecule has 0 spiro atoms. The van der Waals surface area contributed by atoms with Crippen LogP contribution in [0.3, 0.4) is 0 Å². The van der Waals surface area contributed by atoms with Crippen molar-refractivity contribution in [3.05, 3.63) is 35.6 Å². The van der Waals surface area contributed by atoms with Gasteiger partial charge in [-0.2, -0.15) is 0 Å². The Morgan fingerprint density at radius 1 is 1.35 bits per heavy atom. The number of benzene rings is 1. The zero-order valence-electron chi connectivity index (χ0n) is 9.70. The summed E-state index contributed by atoms with van der Waals surface area (Å²) in [7, 11) is -2.96. The summed E-state index contributed by atoms with van der Waals surface area (Å²) in [5, 5.41) is 0. The summed E-state index contributed by atoms with van der Waals surface area (Å²) in [6.45, 7) is 0. The molecule has 96 valence electrons. The molecule has 0 N–H and O–H groups in total. The van der Waals surface area contributed by atoms with E-state index in [2.05, 4.69) is 0 Å². The summed E-state index contributed by atoms with van der Waals surface area (Å²) in [5.74, 6) is 0.0108. The van der Waals surface area contributed by atoms with Gasteiger partial charge in [-0.05, 0) is 24.5 Å². The number of hydrogen-bond acceptors (Lipinski definition) is 2. The Balaban J connectivity index is 2.64. The molecular formula is C12H16ClFO2S. The predicted octanol–water partition coefficient (Wildman–Crippen LogP) is 2.97. The smallest absolute Gasteiger partial charge is 0.147 e. The molecule has 0 bridgehead atoms. The molecule has 1 aromatic rings. The van der Waals surface area contributed by atoms with E-state index < -0.39 is 9.84 Å². The molecule has 0 aliphatic carbocycles. The summed E-state index contributed by atoms with van der Waals surface area (Å²) >= 11 is 5.81. The standard InChI is InChI=1S/C12H16ClFO2S/c1-17(15,16)8-4-5-10(9-13)11-6-2-3-7-12(11)14/h2-3,6-7,10H,4-5,8-9H2,1H3. The molecule has 0 heterocycles. The SMILES string of the molecule is CS(=O)(=O)CCCC(CCl)c1ccccc1F.